The Morgan fingerprint density at radius 1 is 1.12 bits per heavy atom. The summed E-state index contributed by atoms with van der Waals surface area (Å²) < 4.78 is 0. The van der Waals surface area contributed by atoms with Crippen LogP contribution in [-0.2, 0) is 0 Å². The van der Waals surface area contributed by atoms with E-state index in [2.05, 4.69) is 24.3 Å². The molecule has 0 aliphatic heterocycles. The van der Waals surface area contributed by atoms with Gasteiger partial charge in [0.25, 0.3) is 0 Å². The van der Waals surface area contributed by atoms with Gasteiger partial charge in [-0.1, -0.05) is 25.0 Å². The average Bonchev–Trinajstić information content (AvgIpc) is 2.79. The third kappa shape index (κ3) is 0.908. The summed E-state index contributed by atoms with van der Waals surface area (Å²) in [4.78, 5) is 0. The Labute approximate surface area is 95.9 Å². The van der Waals surface area contributed by atoms with E-state index in [1.165, 1.54) is 12.8 Å². The second-order valence-corrected chi connectivity index (χ2v) is 5.34. The predicted octanol–water partition coefficient (Wildman–Crippen LogP) is 3.24. The molecule has 3 rings (SSSR count). The lowest BCUT2D eigenvalue weighted by Gasteiger charge is -2.45. The minimum absolute atomic E-state index is 0.00502. The van der Waals surface area contributed by atoms with Crippen LogP contribution in [0.2, 0.25) is 0 Å². The molecule has 3 aliphatic rings. The Kier molecular flexibility index (Phi) is 1.80. The fourth-order valence-electron chi connectivity index (χ4n) is 4.10. The third-order valence-electron chi connectivity index (χ3n) is 4.82. The molecule has 2 atom stereocenters. The monoisotopic (exact) mass is 210 g/mol. The first-order chi connectivity index (χ1) is 7.76. The Bertz CT molecular complexity index is 486. The maximum absolute atomic E-state index is 9.28. The van der Waals surface area contributed by atoms with Gasteiger partial charge in [-0.3, -0.25) is 0 Å². The molecule has 80 valence electrons. The molecule has 0 unspecified atom stereocenters. The van der Waals surface area contributed by atoms with Crippen molar-refractivity contribution >= 4 is 0 Å². The highest BCUT2D eigenvalue weighted by Crippen LogP contribution is 2.67. The van der Waals surface area contributed by atoms with Gasteiger partial charge in [0.15, 0.2) is 0 Å². The summed E-state index contributed by atoms with van der Waals surface area (Å²) in [6, 6.07) is 4.69. The molecule has 1 fully saturated rings. The van der Waals surface area contributed by atoms with E-state index in [-0.39, 0.29) is 10.8 Å². The maximum Gasteiger partial charge on any atom is 0.0950 e. The smallest absolute Gasteiger partial charge is 0.0950 e. The molecule has 2 nitrogen and oxygen atoms in total. The van der Waals surface area contributed by atoms with Gasteiger partial charge >= 0.3 is 0 Å². The standard InChI is InChI=1S/C14H14N2/c15-9-11-7-13-4-1-2-5-14(13,8-11)12(10-16)3-6-13/h3,7H,1-2,4-6,8H2/t13-,14-/m1/s1. The summed E-state index contributed by atoms with van der Waals surface area (Å²) in [5, 5.41) is 18.4. The van der Waals surface area contributed by atoms with Gasteiger partial charge in [0.1, 0.15) is 0 Å². The van der Waals surface area contributed by atoms with Crippen molar-refractivity contribution in [3.05, 3.63) is 23.3 Å². The quantitative estimate of drug-likeness (QED) is 0.616. The second kappa shape index (κ2) is 2.98. The SMILES string of the molecule is N#CC1=C[C@@]23CC=C(C#N)[C@@]2(CCCC3)C1. The van der Waals surface area contributed by atoms with E-state index in [1.54, 1.807) is 0 Å². The molecule has 0 aromatic carbocycles. The van der Waals surface area contributed by atoms with Crippen molar-refractivity contribution in [1.29, 1.82) is 10.5 Å². The molecular weight excluding hydrogens is 196 g/mol. The third-order valence-corrected chi connectivity index (χ3v) is 4.82. The van der Waals surface area contributed by atoms with Crippen LogP contribution in [0.15, 0.2) is 23.3 Å². The van der Waals surface area contributed by atoms with Crippen LogP contribution < -0.4 is 0 Å². The van der Waals surface area contributed by atoms with E-state index in [1.807, 2.05) is 0 Å². The highest BCUT2D eigenvalue weighted by molar-refractivity contribution is 5.49. The maximum atomic E-state index is 9.28. The van der Waals surface area contributed by atoms with Gasteiger partial charge in [-0.05, 0) is 25.7 Å². The van der Waals surface area contributed by atoms with Crippen molar-refractivity contribution in [1.82, 2.24) is 0 Å². The van der Waals surface area contributed by atoms with E-state index in [9.17, 15) is 5.26 Å². The number of hydrogen-bond donors (Lipinski definition) is 0. The Hall–Kier alpha value is -1.54. The van der Waals surface area contributed by atoms with Crippen LogP contribution in [0.5, 0.6) is 0 Å². The highest BCUT2D eigenvalue weighted by atomic mass is 14.6. The number of nitrogens with zero attached hydrogens (tertiary/aromatic N) is 2. The fraction of sp³-hybridized carbons (Fsp3) is 0.571. The van der Waals surface area contributed by atoms with Gasteiger partial charge in [-0.15, -0.1) is 0 Å². The van der Waals surface area contributed by atoms with E-state index in [4.69, 9.17) is 5.26 Å². The van der Waals surface area contributed by atoms with Gasteiger partial charge < -0.3 is 0 Å². The molecule has 1 saturated carbocycles. The predicted molar refractivity (Wildman–Crippen MR) is 60.0 cm³/mol. The molecule has 3 aliphatic carbocycles. The number of hydrogen-bond acceptors (Lipinski definition) is 2. The van der Waals surface area contributed by atoms with Crippen LogP contribution in [0.4, 0.5) is 0 Å². The number of allylic oxidation sites excluding steroid dienone is 4. The number of nitriles is 2. The molecule has 16 heavy (non-hydrogen) atoms. The lowest BCUT2D eigenvalue weighted by atomic mass is 9.57. The molecule has 0 heterocycles. The highest BCUT2D eigenvalue weighted by Gasteiger charge is 2.59. The summed E-state index contributed by atoms with van der Waals surface area (Å²) in [7, 11) is 0. The molecule has 0 amide bonds. The average molecular weight is 210 g/mol. The van der Waals surface area contributed by atoms with Crippen molar-refractivity contribution in [3.8, 4) is 12.1 Å². The van der Waals surface area contributed by atoms with Crippen LogP contribution in [0.3, 0.4) is 0 Å². The van der Waals surface area contributed by atoms with Crippen molar-refractivity contribution in [2.75, 3.05) is 0 Å². The molecule has 2 heteroatoms. The molecule has 0 aromatic heterocycles. The van der Waals surface area contributed by atoms with E-state index >= 15 is 0 Å². The first-order valence-corrected chi connectivity index (χ1v) is 5.99. The van der Waals surface area contributed by atoms with Crippen LogP contribution in [0, 0.1) is 33.5 Å². The van der Waals surface area contributed by atoms with E-state index in [0.29, 0.717) is 0 Å². The lowest BCUT2D eigenvalue weighted by molar-refractivity contribution is 0.104. The Morgan fingerprint density at radius 3 is 2.69 bits per heavy atom. The Morgan fingerprint density at radius 2 is 1.94 bits per heavy atom. The molecule has 0 bridgehead atoms. The summed E-state index contributed by atoms with van der Waals surface area (Å²) in [5.74, 6) is 0. The second-order valence-electron chi connectivity index (χ2n) is 5.34. The molecule has 0 saturated heterocycles. The normalized spacial score (nSPS) is 40.1. The van der Waals surface area contributed by atoms with Crippen molar-refractivity contribution < 1.29 is 0 Å². The van der Waals surface area contributed by atoms with Gasteiger partial charge in [0.05, 0.1) is 12.1 Å². The molecule has 0 radical (unpaired) electrons. The van der Waals surface area contributed by atoms with Gasteiger partial charge in [-0.2, -0.15) is 10.5 Å². The fourth-order valence-corrected chi connectivity index (χ4v) is 4.10. The number of rotatable bonds is 0. The summed E-state index contributed by atoms with van der Waals surface area (Å²) >= 11 is 0. The van der Waals surface area contributed by atoms with E-state index in [0.717, 1.165) is 36.8 Å². The van der Waals surface area contributed by atoms with Gasteiger partial charge in [0.2, 0.25) is 0 Å². The lowest BCUT2D eigenvalue weighted by Crippen LogP contribution is -2.38. The molecule has 0 spiro atoms. The zero-order valence-corrected chi connectivity index (χ0v) is 9.29. The van der Waals surface area contributed by atoms with Gasteiger partial charge in [0, 0.05) is 22.0 Å². The van der Waals surface area contributed by atoms with Gasteiger partial charge in [-0.25, -0.2) is 0 Å². The first-order valence-electron chi connectivity index (χ1n) is 5.99. The summed E-state index contributed by atoms with van der Waals surface area (Å²) in [6.07, 6.45) is 10.8. The zero-order chi connectivity index (χ0) is 11.2. The van der Waals surface area contributed by atoms with Crippen LogP contribution in [-0.4, -0.2) is 0 Å². The van der Waals surface area contributed by atoms with Crippen LogP contribution in [0.1, 0.15) is 38.5 Å². The minimum atomic E-state index is 0.00502. The Balaban J connectivity index is 2.13. The minimum Gasteiger partial charge on any atom is -0.193 e. The molecule has 0 N–H and O–H groups in total. The first kappa shape index (κ1) is 9.67. The molecular formula is C14H14N2. The topological polar surface area (TPSA) is 47.6 Å². The molecule has 0 aromatic rings. The van der Waals surface area contributed by atoms with E-state index < -0.39 is 0 Å². The summed E-state index contributed by atoms with van der Waals surface area (Å²) in [5.41, 5.74) is 1.99. The van der Waals surface area contributed by atoms with Crippen molar-refractivity contribution in [3.63, 3.8) is 0 Å². The van der Waals surface area contributed by atoms with Crippen LogP contribution in [0.25, 0.3) is 0 Å². The van der Waals surface area contributed by atoms with Crippen molar-refractivity contribution in [2.24, 2.45) is 10.8 Å². The van der Waals surface area contributed by atoms with Crippen LogP contribution >= 0.6 is 0 Å². The zero-order valence-electron chi connectivity index (χ0n) is 9.29. The van der Waals surface area contributed by atoms with Crippen molar-refractivity contribution in [2.45, 2.75) is 38.5 Å². The summed E-state index contributed by atoms with van der Waals surface area (Å²) in [6.45, 7) is 0. The largest absolute Gasteiger partial charge is 0.193 e.